The van der Waals surface area contributed by atoms with E-state index < -0.39 is 0 Å². The van der Waals surface area contributed by atoms with Crippen LogP contribution >= 0.6 is 0 Å². The molecule has 0 aliphatic carbocycles. The Kier molecular flexibility index (Phi) is 6.00. The van der Waals surface area contributed by atoms with E-state index in [1.165, 1.54) is 16.5 Å². The first-order valence-electron chi connectivity index (χ1n) is 9.57. The Morgan fingerprint density at radius 2 is 1.65 bits per heavy atom. The van der Waals surface area contributed by atoms with E-state index in [9.17, 15) is 0 Å². The Bertz CT molecular complexity index is 813. The molecule has 0 aliphatic heterocycles. The second-order valence-corrected chi connectivity index (χ2v) is 7.44. The van der Waals surface area contributed by atoms with E-state index in [4.69, 9.17) is 4.74 Å². The minimum atomic E-state index is 0.550. The lowest BCUT2D eigenvalue weighted by Gasteiger charge is -2.30. The first-order valence-corrected chi connectivity index (χ1v) is 9.57. The molecule has 3 heteroatoms. The Balaban J connectivity index is 1.79. The summed E-state index contributed by atoms with van der Waals surface area (Å²) in [7, 11) is 0. The van der Waals surface area contributed by atoms with Gasteiger partial charge in [-0.05, 0) is 57.4 Å². The van der Waals surface area contributed by atoms with Gasteiger partial charge in [-0.25, -0.2) is 0 Å². The number of nitrogens with one attached hydrogen (secondary N) is 1. The van der Waals surface area contributed by atoms with Crippen molar-refractivity contribution >= 4 is 10.9 Å². The predicted molar refractivity (Wildman–Crippen MR) is 110 cm³/mol. The van der Waals surface area contributed by atoms with Gasteiger partial charge in [0.15, 0.2) is 0 Å². The van der Waals surface area contributed by atoms with Crippen LogP contribution in [0.3, 0.4) is 0 Å². The minimum absolute atomic E-state index is 0.550. The van der Waals surface area contributed by atoms with Crippen LogP contribution in [0.15, 0.2) is 54.7 Å². The smallest absolute Gasteiger partial charge is 0.129 e. The Morgan fingerprint density at radius 1 is 0.923 bits per heavy atom. The van der Waals surface area contributed by atoms with Crippen LogP contribution in [-0.4, -0.2) is 28.5 Å². The Morgan fingerprint density at radius 3 is 2.35 bits per heavy atom. The molecule has 1 heterocycles. The number of aromatic amines is 1. The summed E-state index contributed by atoms with van der Waals surface area (Å²) >= 11 is 0. The normalized spacial score (nSPS) is 11.8. The van der Waals surface area contributed by atoms with Crippen molar-refractivity contribution in [2.75, 3.05) is 6.54 Å². The van der Waals surface area contributed by atoms with Crippen LogP contribution in [0.5, 0.6) is 5.75 Å². The van der Waals surface area contributed by atoms with E-state index in [-0.39, 0.29) is 0 Å². The summed E-state index contributed by atoms with van der Waals surface area (Å²) in [6.45, 7) is 10.7. The number of hydrogen-bond acceptors (Lipinski definition) is 2. The van der Waals surface area contributed by atoms with Crippen LogP contribution in [0.2, 0.25) is 0 Å². The molecule has 0 radical (unpaired) electrons. The summed E-state index contributed by atoms with van der Waals surface area (Å²) in [4.78, 5) is 5.94. The molecule has 138 valence electrons. The van der Waals surface area contributed by atoms with Crippen molar-refractivity contribution in [3.63, 3.8) is 0 Å². The molecule has 0 atom stereocenters. The van der Waals surface area contributed by atoms with Crippen LogP contribution < -0.4 is 4.74 Å². The van der Waals surface area contributed by atoms with Gasteiger partial charge < -0.3 is 9.72 Å². The maximum Gasteiger partial charge on any atom is 0.129 e. The summed E-state index contributed by atoms with van der Waals surface area (Å²) in [6, 6.07) is 17.7. The average molecular weight is 351 g/mol. The lowest BCUT2D eigenvalue weighted by atomic mass is 10.1. The zero-order valence-electron chi connectivity index (χ0n) is 16.3. The van der Waals surface area contributed by atoms with Gasteiger partial charge in [0.25, 0.3) is 0 Å². The second-order valence-electron chi connectivity index (χ2n) is 7.44. The highest BCUT2D eigenvalue weighted by molar-refractivity contribution is 5.89. The quantitative estimate of drug-likeness (QED) is 0.588. The van der Waals surface area contributed by atoms with E-state index in [1.807, 2.05) is 18.2 Å². The predicted octanol–water partition coefficient (Wildman–Crippen LogP) is 5.41. The summed E-state index contributed by atoms with van der Waals surface area (Å²) in [6.07, 6.45) is 3.15. The van der Waals surface area contributed by atoms with Gasteiger partial charge in [0.1, 0.15) is 12.4 Å². The van der Waals surface area contributed by atoms with Crippen LogP contribution in [-0.2, 0) is 13.0 Å². The summed E-state index contributed by atoms with van der Waals surface area (Å²) in [5.74, 6) is 0.961. The van der Waals surface area contributed by atoms with Crippen molar-refractivity contribution in [3.8, 4) is 5.75 Å². The van der Waals surface area contributed by atoms with E-state index >= 15 is 0 Å². The fraction of sp³-hybridized carbons (Fsp3) is 0.391. The molecular formula is C23H30N2O. The molecule has 3 nitrogen and oxygen atoms in total. The third-order valence-corrected chi connectivity index (χ3v) is 4.95. The SMILES string of the molecule is CC(C)N(CCc1c[nH]c2cccc(OCc3ccccc3)c12)C(C)C. The third kappa shape index (κ3) is 4.28. The standard InChI is InChI=1S/C23H30N2O/c1-17(2)25(18(3)4)14-13-20-15-24-21-11-8-12-22(23(20)21)26-16-19-9-6-5-7-10-19/h5-12,15,17-18,24H,13-14,16H2,1-4H3. The monoisotopic (exact) mass is 350 g/mol. The highest BCUT2D eigenvalue weighted by Gasteiger charge is 2.15. The molecule has 0 saturated heterocycles. The molecule has 0 bridgehead atoms. The molecule has 26 heavy (non-hydrogen) atoms. The van der Waals surface area contributed by atoms with Gasteiger partial charge in [0.05, 0.1) is 0 Å². The number of ether oxygens (including phenoxy) is 1. The van der Waals surface area contributed by atoms with Crippen molar-refractivity contribution < 1.29 is 4.74 Å². The van der Waals surface area contributed by atoms with Crippen LogP contribution in [0.4, 0.5) is 0 Å². The lowest BCUT2D eigenvalue weighted by molar-refractivity contribution is 0.177. The zero-order valence-corrected chi connectivity index (χ0v) is 16.3. The first-order chi connectivity index (χ1) is 12.6. The van der Waals surface area contributed by atoms with Crippen LogP contribution in [0.1, 0.15) is 38.8 Å². The van der Waals surface area contributed by atoms with E-state index in [2.05, 4.69) is 74.1 Å². The number of benzene rings is 2. The highest BCUT2D eigenvalue weighted by Crippen LogP contribution is 2.30. The fourth-order valence-electron chi connectivity index (χ4n) is 3.63. The molecule has 0 aliphatic rings. The molecule has 0 saturated carbocycles. The zero-order chi connectivity index (χ0) is 18.5. The van der Waals surface area contributed by atoms with Gasteiger partial charge >= 0.3 is 0 Å². The van der Waals surface area contributed by atoms with Crippen molar-refractivity contribution in [1.82, 2.24) is 9.88 Å². The summed E-state index contributed by atoms with van der Waals surface area (Å²) < 4.78 is 6.17. The Hall–Kier alpha value is -2.26. The molecule has 2 aromatic carbocycles. The molecule has 3 rings (SSSR count). The molecule has 3 aromatic rings. The van der Waals surface area contributed by atoms with E-state index in [1.54, 1.807) is 0 Å². The highest BCUT2D eigenvalue weighted by atomic mass is 16.5. The van der Waals surface area contributed by atoms with Crippen LogP contribution in [0, 0.1) is 0 Å². The number of rotatable bonds is 8. The van der Waals surface area contributed by atoms with E-state index in [0.29, 0.717) is 18.7 Å². The molecule has 1 aromatic heterocycles. The summed E-state index contributed by atoms with van der Waals surface area (Å²) in [5.41, 5.74) is 3.66. The van der Waals surface area contributed by atoms with Gasteiger partial charge in [-0.2, -0.15) is 0 Å². The number of aromatic nitrogens is 1. The van der Waals surface area contributed by atoms with Gasteiger partial charge in [0.2, 0.25) is 0 Å². The largest absolute Gasteiger partial charge is 0.488 e. The van der Waals surface area contributed by atoms with Gasteiger partial charge in [-0.15, -0.1) is 0 Å². The molecular weight excluding hydrogens is 320 g/mol. The van der Waals surface area contributed by atoms with Gasteiger partial charge in [0, 0.05) is 35.7 Å². The van der Waals surface area contributed by atoms with Crippen molar-refractivity contribution in [1.29, 1.82) is 0 Å². The van der Waals surface area contributed by atoms with Crippen LogP contribution in [0.25, 0.3) is 10.9 Å². The number of fused-ring (bicyclic) bond motifs is 1. The summed E-state index contributed by atoms with van der Waals surface area (Å²) in [5, 5.41) is 1.22. The van der Waals surface area contributed by atoms with Crippen molar-refractivity contribution in [3.05, 3.63) is 65.9 Å². The maximum atomic E-state index is 6.17. The average Bonchev–Trinajstić information content (AvgIpc) is 3.04. The number of nitrogens with zero attached hydrogens (tertiary/aromatic N) is 1. The van der Waals surface area contributed by atoms with Gasteiger partial charge in [-0.1, -0.05) is 36.4 Å². The third-order valence-electron chi connectivity index (χ3n) is 4.95. The van der Waals surface area contributed by atoms with Gasteiger partial charge in [-0.3, -0.25) is 4.90 Å². The first kappa shape index (κ1) is 18.5. The van der Waals surface area contributed by atoms with Crippen molar-refractivity contribution in [2.24, 2.45) is 0 Å². The molecule has 0 fully saturated rings. The maximum absolute atomic E-state index is 6.17. The van der Waals surface area contributed by atoms with Crippen molar-refractivity contribution in [2.45, 2.75) is 52.8 Å². The lowest BCUT2D eigenvalue weighted by Crippen LogP contribution is -2.38. The number of H-pyrrole nitrogens is 1. The fourth-order valence-corrected chi connectivity index (χ4v) is 3.63. The molecule has 0 amide bonds. The molecule has 0 unspecified atom stereocenters. The second kappa shape index (κ2) is 8.41. The number of hydrogen-bond donors (Lipinski definition) is 1. The minimum Gasteiger partial charge on any atom is -0.488 e. The van der Waals surface area contributed by atoms with E-state index in [0.717, 1.165) is 24.2 Å². The molecule has 1 N–H and O–H groups in total. The molecule has 0 spiro atoms. The topological polar surface area (TPSA) is 28.3 Å². The Labute approximate surface area is 157 Å².